The molecule has 1 fully saturated rings. The molecular formula is C14H14F3N3O6. The summed E-state index contributed by atoms with van der Waals surface area (Å²) in [5.74, 6) is -1.58. The highest BCUT2D eigenvalue weighted by molar-refractivity contribution is 6.23. The minimum Gasteiger partial charge on any atom is -0.481 e. The number of halogens is 3. The van der Waals surface area contributed by atoms with Gasteiger partial charge in [-0.1, -0.05) is 0 Å². The number of alkyl halides is 3. The van der Waals surface area contributed by atoms with Crippen molar-refractivity contribution in [3.05, 3.63) is 33.9 Å². The van der Waals surface area contributed by atoms with Crippen LogP contribution in [-0.2, 0) is 15.8 Å². The van der Waals surface area contributed by atoms with Gasteiger partial charge < -0.3 is 10.4 Å². The molecule has 26 heavy (non-hydrogen) atoms. The maximum atomic E-state index is 12.9. The lowest BCUT2D eigenvalue weighted by Crippen LogP contribution is -2.40. The van der Waals surface area contributed by atoms with Crippen LogP contribution in [0.4, 0.5) is 29.3 Å². The summed E-state index contributed by atoms with van der Waals surface area (Å²) < 4.78 is 38.7. The van der Waals surface area contributed by atoms with Crippen molar-refractivity contribution in [3.8, 4) is 0 Å². The van der Waals surface area contributed by atoms with Crippen LogP contribution in [0, 0.1) is 10.1 Å². The average molecular weight is 377 g/mol. The Morgan fingerprint density at radius 1 is 1.31 bits per heavy atom. The predicted octanol–water partition coefficient (Wildman–Crippen LogP) is 2.54. The van der Waals surface area contributed by atoms with E-state index >= 15 is 0 Å². The minimum atomic E-state index is -4.99. The number of amides is 3. The molecule has 0 unspecified atom stereocenters. The lowest BCUT2D eigenvalue weighted by molar-refractivity contribution is -0.388. The molecule has 1 aliphatic heterocycles. The van der Waals surface area contributed by atoms with Gasteiger partial charge in [0.25, 0.3) is 17.6 Å². The Balaban J connectivity index is 0.000000765. The fraction of sp³-hybridized carbons (Fsp3) is 0.357. The number of nitrogens with one attached hydrogen (secondary N) is 1. The first-order valence-electron chi connectivity index (χ1n) is 6.90. The fourth-order valence-corrected chi connectivity index (χ4v) is 2.03. The summed E-state index contributed by atoms with van der Waals surface area (Å²) in [6.07, 6.45) is -4.99. The molecule has 0 bridgehead atoms. The summed E-state index contributed by atoms with van der Waals surface area (Å²) in [4.78, 5) is 42.8. The van der Waals surface area contributed by atoms with E-state index in [1.54, 1.807) is 0 Å². The summed E-state index contributed by atoms with van der Waals surface area (Å²) in [5, 5.41) is 20.4. The van der Waals surface area contributed by atoms with E-state index in [1.807, 2.05) is 0 Å². The van der Waals surface area contributed by atoms with Crippen molar-refractivity contribution in [1.82, 2.24) is 5.32 Å². The number of anilines is 1. The van der Waals surface area contributed by atoms with Gasteiger partial charge in [0, 0.05) is 13.0 Å². The highest BCUT2D eigenvalue weighted by Crippen LogP contribution is 2.39. The molecule has 0 atom stereocenters. The third-order valence-corrected chi connectivity index (χ3v) is 3.10. The van der Waals surface area contributed by atoms with Crippen LogP contribution in [-0.4, -0.2) is 33.5 Å². The second-order valence-electron chi connectivity index (χ2n) is 5.67. The van der Waals surface area contributed by atoms with Gasteiger partial charge in [-0.2, -0.15) is 13.2 Å². The van der Waals surface area contributed by atoms with E-state index in [-0.39, 0.29) is 5.69 Å². The molecule has 0 spiro atoms. The first kappa shape index (κ1) is 20.9. The molecule has 1 aliphatic rings. The Hall–Kier alpha value is -3.18. The van der Waals surface area contributed by atoms with Gasteiger partial charge in [0.1, 0.15) is 11.1 Å². The van der Waals surface area contributed by atoms with Crippen LogP contribution in [0.5, 0.6) is 0 Å². The fourth-order valence-electron chi connectivity index (χ4n) is 2.03. The first-order chi connectivity index (χ1) is 11.7. The SMILES string of the molecule is CC(=O)O.CC1(C)NC(=O)N(c2ccc([N+](=O)[O-])c(C(F)(F)F)c2)C1=O. The van der Waals surface area contributed by atoms with Crippen LogP contribution in [0.2, 0.25) is 0 Å². The van der Waals surface area contributed by atoms with E-state index in [0.717, 1.165) is 13.0 Å². The number of rotatable bonds is 2. The van der Waals surface area contributed by atoms with Crippen molar-refractivity contribution >= 4 is 29.3 Å². The van der Waals surface area contributed by atoms with Crippen molar-refractivity contribution in [2.75, 3.05) is 4.90 Å². The van der Waals surface area contributed by atoms with E-state index < -0.39 is 45.8 Å². The van der Waals surface area contributed by atoms with Crippen molar-refractivity contribution in [1.29, 1.82) is 0 Å². The maximum absolute atomic E-state index is 12.9. The van der Waals surface area contributed by atoms with Gasteiger partial charge >= 0.3 is 12.2 Å². The summed E-state index contributed by atoms with van der Waals surface area (Å²) in [5.41, 5.74) is -4.33. The van der Waals surface area contributed by atoms with Crippen molar-refractivity contribution in [3.63, 3.8) is 0 Å². The van der Waals surface area contributed by atoms with Crippen molar-refractivity contribution in [2.45, 2.75) is 32.5 Å². The molecule has 2 rings (SSSR count). The number of carbonyl (C=O) groups excluding carboxylic acids is 2. The molecule has 1 aromatic carbocycles. The molecular weight excluding hydrogens is 363 g/mol. The summed E-state index contributed by atoms with van der Waals surface area (Å²) in [6.45, 7) is 3.87. The van der Waals surface area contributed by atoms with E-state index in [0.29, 0.717) is 17.0 Å². The number of nitro benzene ring substituents is 1. The van der Waals surface area contributed by atoms with Crippen LogP contribution in [0.25, 0.3) is 0 Å². The lowest BCUT2D eigenvalue weighted by atomic mass is 10.1. The van der Waals surface area contributed by atoms with Gasteiger partial charge in [0.05, 0.1) is 10.6 Å². The second-order valence-corrected chi connectivity index (χ2v) is 5.67. The van der Waals surface area contributed by atoms with Gasteiger partial charge in [-0.3, -0.25) is 19.7 Å². The highest BCUT2D eigenvalue weighted by Gasteiger charge is 2.46. The van der Waals surface area contributed by atoms with Crippen LogP contribution in [0.3, 0.4) is 0 Å². The number of hydrogen-bond donors (Lipinski definition) is 2. The number of carbonyl (C=O) groups is 3. The molecule has 3 amide bonds. The zero-order chi connectivity index (χ0) is 20.4. The maximum Gasteiger partial charge on any atom is 0.423 e. The van der Waals surface area contributed by atoms with Crippen LogP contribution >= 0.6 is 0 Å². The van der Waals surface area contributed by atoms with Gasteiger partial charge in [0.2, 0.25) is 0 Å². The number of carboxylic acid groups (broad SMARTS) is 1. The number of nitro groups is 1. The molecule has 12 heteroatoms. The predicted molar refractivity (Wildman–Crippen MR) is 81.5 cm³/mol. The normalized spacial score (nSPS) is 15.8. The van der Waals surface area contributed by atoms with E-state index in [9.17, 15) is 32.9 Å². The number of aliphatic carboxylic acids is 1. The Morgan fingerprint density at radius 3 is 2.15 bits per heavy atom. The van der Waals surface area contributed by atoms with E-state index in [1.165, 1.54) is 13.8 Å². The largest absolute Gasteiger partial charge is 0.481 e. The number of nitrogens with zero attached hydrogens (tertiary/aromatic N) is 2. The van der Waals surface area contributed by atoms with Crippen molar-refractivity contribution < 1.29 is 37.6 Å². The first-order valence-corrected chi connectivity index (χ1v) is 6.90. The highest BCUT2D eigenvalue weighted by atomic mass is 19.4. The van der Waals surface area contributed by atoms with Gasteiger partial charge in [-0.25, -0.2) is 9.69 Å². The molecule has 1 heterocycles. The standard InChI is InChI=1S/C12H10F3N3O4.C2H4O2/c1-11(2)9(19)17(10(20)16-11)6-3-4-8(18(21)22)7(5-6)12(13,14)15;1-2(3)4/h3-5H,1-2H3,(H,16,20);1H3,(H,3,4). The van der Waals surface area contributed by atoms with Crippen LogP contribution in [0.1, 0.15) is 26.3 Å². The zero-order valence-corrected chi connectivity index (χ0v) is 13.7. The Morgan fingerprint density at radius 2 is 1.81 bits per heavy atom. The third-order valence-electron chi connectivity index (χ3n) is 3.10. The lowest BCUT2D eigenvalue weighted by Gasteiger charge is -2.17. The van der Waals surface area contributed by atoms with Gasteiger partial charge in [-0.15, -0.1) is 0 Å². The number of imide groups is 1. The third kappa shape index (κ3) is 4.46. The molecule has 2 N–H and O–H groups in total. The number of urea groups is 1. The Labute approximate surface area is 144 Å². The molecule has 1 aromatic rings. The topological polar surface area (TPSA) is 130 Å². The number of hydrogen-bond acceptors (Lipinski definition) is 5. The molecule has 9 nitrogen and oxygen atoms in total. The Kier molecular flexibility index (Phi) is 5.60. The van der Waals surface area contributed by atoms with Crippen LogP contribution < -0.4 is 10.2 Å². The van der Waals surface area contributed by atoms with E-state index in [4.69, 9.17) is 9.90 Å². The van der Waals surface area contributed by atoms with Crippen LogP contribution in [0.15, 0.2) is 18.2 Å². The Bertz CT molecular complexity index is 772. The summed E-state index contributed by atoms with van der Waals surface area (Å²) in [6, 6.07) is 1.06. The second kappa shape index (κ2) is 6.98. The summed E-state index contributed by atoms with van der Waals surface area (Å²) in [7, 11) is 0. The molecule has 1 saturated heterocycles. The van der Waals surface area contributed by atoms with Crippen molar-refractivity contribution in [2.24, 2.45) is 0 Å². The molecule has 0 aliphatic carbocycles. The van der Waals surface area contributed by atoms with Gasteiger partial charge in [-0.05, 0) is 26.0 Å². The van der Waals surface area contributed by atoms with E-state index in [2.05, 4.69) is 5.32 Å². The molecule has 0 saturated carbocycles. The number of benzene rings is 1. The zero-order valence-electron chi connectivity index (χ0n) is 13.7. The smallest absolute Gasteiger partial charge is 0.423 e. The monoisotopic (exact) mass is 377 g/mol. The average Bonchev–Trinajstić information content (AvgIpc) is 2.65. The summed E-state index contributed by atoms with van der Waals surface area (Å²) >= 11 is 0. The minimum absolute atomic E-state index is 0.383. The molecule has 0 aromatic heterocycles. The quantitative estimate of drug-likeness (QED) is 0.463. The molecule has 0 radical (unpaired) electrons. The number of carboxylic acids is 1. The van der Waals surface area contributed by atoms with Gasteiger partial charge in [0.15, 0.2) is 0 Å². The molecule has 142 valence electrons.